The fraction of sp³-hybridized carbons (Fsp3) is 0.364. The van der Waals surface area contributed by atoms with Gasteiger partial charge in [0.05, 0.1) is 12.7 Å². The van der Waals surface area contributed by atoms with Gasteiger partial charge in [-0.1, -0.05) is 43.3 Å². The number of ether oxygens (including phenoxy) is 1. The number of carbonyl (C=O) groups excluding carboxylic acids is 1. The number of fused-ring (bicyclic) bond motifs is 1. The number of oxazole rings is 1. The first-order valence-corrected chi connectivity index (χ1v) is 9.70. The number of hydrogen-bond acceptors (Lipinski definition) is 6. The highest BCUT2D eigenvalue weighted by atomic mass is 16.5. The third kappa shape index (κ3) is 3.60. The van der Waals surface area contributed by atoms with E-state index in [1.807, 2.05) is 12.1 Å². The summed E-state index contributed by atoms with van der Waals surface area (Å²) in [5.41, 5.74) is 2.94. The molecule has 1 fully saturated rings. The summed E-state index contributed by atoms with van der Waals surface area (Å²) in [6, 6.07) is 16.8. The Labute approximate surface area is 164 Å². The third-order valence-electron chi connectivity index (χ3n) is 5.35. The summed E-state index contributed by atoms with van der Waals surface area (Å²) in [6.45, 7) is 5.87. The molecule has 3 aromatic rings. The number of methoxy groups -OCH3 is 1. The molecule has 1 unspecified atom stereocenters. The van der Waals surface area contributed by atoms with Gasteiger partial charge >= 0.3 is 5.97 Å². The van der Waals surface area contributed by atoms with Crippen molar-refractivity contribution >= 4 is 23.1 Å². The van der Waals surface area contributed by atoms with Crippen molar-refractivity contribution in [3.05, 3.63) is 59.7 Å². The van der Waals surface area contributed by atoms with Crippen molar-refractivity contribution in [2.75, 3.05) is 31.6 Å². The van der Waals surface area contributed by atoms with Crippen molar-refractivity contribution in [2.45, 2.75) is 25.9 Å². The van der Waals surface area contributed by atoms with Gasteiger partial charge in [0.2, 0.25) is 0 Å². The molecule has 2 aromatic carbocycles. The molecule has 0 radical (unpaired) electrons. The van der Waals surface area contributed by atoms with Gasteiger partial charge in [-0.2, -0.15) is 4.98 Å². The summed E-state index contributed by atoms with van der Waals surface area (Å²) in [4.78, 5) is 21.4. The lowest BCUT2D eigenvalue weighted by Crippen LogP contribution is -2.52. The molecule has 0 N–H and O–H groups in total. The first kappa shape index (κ1) is 18.5. The number of carbonyl (C=O) groups is 1. The zero-order valence-electron chi connectivity index (χ0n) is 16.3. The second-order valence-electron chi connectivity index (χ2n) is 7.12. The minimum Gasteiger partial charge on any atom is -0.465 e. The number of aromatic nitrogens is 1. The zero-order valence-corrected chi connectivity index (χ0v) is 16.3. The predicted octanol–water partition coefficient (Wildman–Crippen LogP) is 3.72. The van der Waals surface area contributed by atoms with Crippen LogP contribution < -0.4 is 4.90 Å². The maximum absolute atomic E-state index is 12.0. The van der Waals surface area contributed by atoms with E-state index in [0.29, 0.717) is 28.7 Å². The summed E-state index contributed by atoms with van der Waals surface area (Å²) in [6.07, 6.45) is 0.994. The van der Waals surface area contributed by atoms with Crippen LogP contribution in [0.2, 0.25) is 0 Å². The quantitative estimate of drug-likeness (QED) is 0.630. The van der Waals surface area contributed by atoms with Gasteiger partial charge in [0.25, 0.3) is 6.01 Å². The van der Waals surface area contributed by atoms with Crippen LogP contribution in [0.1, 0.15) is 29.3 Å². The van der Waals surface area contributed by atoms with Crippen LogP contribution in [0.4, 0.5) is 6.01 Å². The average molecular weight is 379 g/mol. The van der Waals surface area contributed by atoms with Gasteiger partial charge in [-0.05, 0) is 24.1 Å². The van der Waals surface area contributed by atoms with Crippen molar-refractivity contribution in [1.29, 1.82) is 0 Å². The highest BCUT2D eigenvalue weighted by molar-refractivity contribution is 6.01. The largest absolute Gasteiger partial charge is 0.465 e. The van der Waals surface area contributed by atoms with Gasteiger partial charge in [-0.3, -0.25) is 4.90 Å². The SMILES string of the molecule is CCC1CN(Cc2ccccc2)CCN1c1nc2c(C(=O)OC)cccc2o1. The molecule has 1 saturated heterocycles. The maximum atomic E-state index is 12.0. The first-order valence-electron chi connectivity index (χ1n) is 9.70. The van der Waals surface area contributed by atoms with E-state index in [9.17, 15) is 4.79 Å². The Morgan fingerprint density at radius 1 is 1.18 bits per heavy atom. The van der Waals surface area contributed by atoms with Crippen LogP contribution in [-0.4, -0.2) is 48.6 Å². The van der Waals surface area contributed by atoms with Crippen LogP contribution in [-0.2, 0) is 11.3 Å². The maximum Gasteiger partial charge on any atom is 0.340 e. The number of benzene rings is 2. The third-order valence-corrected chi connectivity index (χ3v) is 5.35. The standard InChI is InChI=1S/C22H25N3O3/c1-3-17-15-24(14-16-8-5-4-6-9-16)12-13-25(17)22-23-20-18(21(26)27-2)10-7-11-19(20)28-22/h4-11,17H,3,12-15H2,1-2H3. The van der Waals surface area contributed by atoms with E-state index in [4.69, 9.17) is 9.15 Å². The van der Waals surface area contributed by atoms with Crippen LogP contribution in [0.5, 0.6) is 0 Å². The van der Waals surface area contributed by atoms with E-state index in [2.05, 4.69) is 46.0 Å². The minimum absolute atomic E-state index is 0.312. The monoisotopic (exact) mass is 379 g/mol. The average Bonchev–Trinajstić information content (AvgIpc) is 3.18. The van der Waals surface area contributed by atoms with Gasteiger partial charge in [0.15, 0.2) is 5.58 Å². The van der Waals surface area contributed by atoms with Gasteiger partial charge < -0.3 is 14.1 Å². The van der Waals surface area contributed by atoms with Gasteiger partial charge in [-0.25, -0.2) is 4.79 Å². The van der Waals surface area contributed by atoms with Crippen LogP contribution in [0.25, 0.3) is 11.1 Å². The number of para-hydroxylation sites is 1. The second kappa shape index (κ2) is 8.02. The Bertz CT molecular complexity index is 954. The van der Waals surface area contributed by atoms with Crippen LogP contribution >= 0.6 is 0 Å². The number of nitrogens with zero attached hydrogens (tertiary/aromatic N) is 3. The molecule has 0 bridgehead atoms. The zero-order chi connectivity index (χ0) is 19.5. The van der Waals surface area contributed by atoms with Crippen molar-refractivity contribution in [2.24, 2.45) is 0 Å². The summed E-state index contributed by atoms with van der Waals surface area (Å²) in [5, 5.41) is 0. The summed E-state index contributed by atoms with van der Waals surface area (Å²) >= 11 is 0. The Hall–Kier alpha value is -2.86. The molecule has 1 atom stereocenters. The molecule has 1 aliphatic rings. The molecule has 1 aromatic heterocycles. The topological polar surface area (TPSA) is 58.8 Å². The number of esters is 1. The normalized spacial score (nSPS) is 17.8. The van der Waals surface area contributed by atoms with E-state index in [-0.39, 0.29) is 0 Å². The molecular weight excluding hydrogens is 354 g/mol. The molecular formula is C22H25N3O3. The van der Waals surface area contributed by atoms with Crippen molar-refractivity contribution in [1.82, 2.24) is 9.88 Å². The Morgan fingerprint density at radius 2 is 2.00 bits per heavy atom. The number of anilines is 1. The lowest BCUT2D eigenvalue weighted by Gasteiger charge is -2.40. The van der Waals surface area contributed by atoms with E-state index in [1.54, 1.807) is 12.1 Å². The highest BCUT2D eigenvalue weighted by Crippen LogP contribution is 2.28. The molecule has 4 rings (SSSR count). The molecule has 0 saturated carbocycles. The van der Waals surface area contributed by atoms with Crippen molar-refractivity contribution in [3.63, 3.8) is 0 Å². The van der Waals surface area contributed by atoms with Gasteiger partial charge in [0, 0.05) is 32.2 Å². The van der Waals surface area contributed by atoms with Crippen molar-refractivity contribution < 1.29 is 13.9 Å². The van der Waals surface area contributed by atoms with E-state index in [1.165, 1.54) is 12.7 Å². The molecule has 0 spiro atoms. The van der Waals surface area contributed by atoms with Crippen molar-refractivity contribution in [3.8, 4) is 0 Å². The predicted molar refractivity (Wildman–Crippen MR) is 108 cm³/mol. The number of piperazine rings is 1. The highest BCUT2D eigenvalue weighted by Gasteiger charge is 2.29. The second-order valence-corrected chi connectivity index (χ2v) is 7.12. The molecule has 6 nitrogen and oxygen atoms in total. The minimum atomic E-state index is -0.398. The molecule has 0 aliphatic carbocycles. The van der Waals surface area contributed by atoms with Crippen LogP contribution in [0, 0.1) is 0 Å². The fourth-order valence-electron chi connectivity index (χ4n) is 3.84. The van der Waals surface area contributed by atoms with E-state index < -0.39 is 5.97 Å². The Morgan fingerprint density at radius 3 is 2.75 bits per heavy atom. The van der Waals surface area contributed by atoms with Crippen LogP contribution in [0.3, 0.4) is 0 Å². The molecule has 146 valence electrons. The van der Waals surface area contributed by atoms with Gasteiger partial charge in [0.1, 0.15) is 5.52 Å². The fourth-order valence-corrected chi connectivity index (χ4v) is 3.84. The van der Waals surface area contributed by atoms with Gasteiger partial charge in [-0.15, -0.1) is 0 Å². The van der Waals surface area contributed by atoms with E-state index in [0.717, 1.165) is 32.6 Å². The molecule has 0 amide bonds. The molecule has 1 aliphatic heterocycles. The summed E-state index contributed by atoms with van der Waals surface area (Å²) < 4.78 is 10.9. The summed E-state index contributed by atoms with van der Waals surface area (Å²) in [5.74, 6) is -0.398. The lowest BCUT2D eigenvalue weighted by atomic mass is 10.1. The number of rotatable bonds is 5. The summed E-state index contributed by atoms with van der Waals surface area (Å²) in [7, 11) is 1.38. The Balaban J connectivity index is 1.55. The van der Waals surface area contributed by atoms with E-state index >= 15 is 0 Å². The smallest absolute Gasteiger partial charge is 0.340 e. The Kier molecular flexibility index (Phi) is 5.30. The van der Waals surface area contributed by atoms with Crippen LogP contribution in [0.15, 0.2) is 52.9 Å². The number of hydrogen-bond donors (Lipinski definition) is 0. The first-order chi connectivity index (χ1) is 13.7. The molecule has 28 heavy (non-hydrogen) atoms. The lowest BCUT2D eigenvalue weighted by molar-refractivity contribution is 0.0602. The molecule has 6 heteroatoms. The molecule has 2 heterocycles.